The number of nitrogens with one attached hydrogen (secondary N) is 1. The summed E-state index contributed by atoms with van der Waals surface area (Å²) in [5, 5.41) is 11.7. The van der Waals surface area contributed by atoms with Crippen molar-refractivity contribution in [1.29, 1.82) is 0 Å². The van der Waals surface area contributed by atoms with Crippen molar-refractivity contribution in [2.75, 3.05) is 5.32 Å². The van der Waals surface area contributed by atoms with Gasteiger partial charge in [0, 0.05) is 6.20 Å². The van der Waals surface area contributed by atoms with Crippen LogP contribution in [0.25, 0.3) is 0 Å². The van der Waals surface area contributed by atoms with E-state index in [0.29, 0.717) is 0 Å². The van der Waals surface area contributed by atoms with Crippen LogP contribution in [0.2, 0.25) is 0 Å². The van der Waals surface area contributed by atoms with Crippen LogP contribution < -0.4 is 5.32 Å². The van der Waals surface area contributed by atoms with Crippen LogP contribution in [-0.2, 0) is 0 Å². The second kappa shape index (κ2) is 4.83. The number of halogens is 1. The number of aromatic carboxylic acids is 1. The molecule has 0 atom stereocenters. The standard InChI is InChI=1S/C13H11FN2O2/c1-8-4-5-11(10(14)7-8)16-12-9(13(17)18)3-2-6-15-12/h2-7H,1H3,(H,15,16)(H,17,18). The highest BCUT2D eigenvalue weighted by Crippen LogP contribution is 2.21. The number of benzene rings is 1. The van der Waals surface area contributed by atoms with Gasteiger partial charge in [-0.2, -0.15) is 0 Å². The Labute approximate surface area is 103 Å². The predicted octanol–water partition coefficient (Wildman–Crippen LogP) is 2.97. The van der Waals surface area contributed by atoms with Crippen molar-refractivity contribution in [2.45, 2.75) is 6.92 Å². The first-order valence-electron chi connectivity index (χ1n) is 5.29. The first-order chi connectivity index (χ1) is 8.58. The summed E-state index contributed by atoms with van der Waals surface area (Å²) < 4.78 is 13.6. The Morgan fingerprint density at radius 2 is 2.17 bits per heavy atom. The molecule has 18 heavy (non-hydrogen) atoms. The Bertz CT molecular complexity index is 599. The number of carboxylic acid groups (broad SMARTS) is 1. The summed E-state index contributed by atoms with van der Waals surface area (Å²) >= 11 is 0. The highest BCUT2D eigenvalue weighted by molar-refractivity contribution is 5.93. The van der Waals surface area contributed by atoms with Gasteiger partial charge in [-0.25, -0.2) is 14.2 Å². The second-order valence-corrected chi connectivity index (χ2v) is 3.81. The minimum absolute atomic E-state index is 0.00234. The monoisotopic (exact) mass is 246 g/mol. The highest BCUT2D eigenvalue weighted by Gasteiger charge is 2.12. The number of nitrogens with zero attached hydrogens (tertiary/aromatic N) is 1. The Morgan fingerprint density at radius 3 is 2.83 bits per heavy atom. The average Bonchev–Trinajstić information content (AvgIpc) is 2.33. The van der Waals surface area contributed by atoms with E-state index in [1.807, 2.05) is 0 Å². The molecule has 2 N–H and O–H groups in total. The Kier molecular flexibility index (Phi) is 3.23. The fourth-order valence-electron chi connectivity index (χ4n) is 1.53. The smallest absolute Gasteiger partial charge is 0.339 e. The molecule has 0 spiro atoms. The van der Waals surface area contributed by atoms with Crippen LogP contribution in [0.3, 0.4) is 0 Å². The zero-order chi connectivity index (χ0) is 13.1. The maximum Gasteiger partial charge on any atom is 0.339 e. The molecule has 4 nitrogen and oxygen atoms in total. The normalized spacial score (nSPS) is 10.1. The molecule has 2 aromatic rings. The van der Waals surface area contributed by atoms with Gasteiger partial charge in [-0.1, -0.05) is 6.07 Å². The van der Waals surface area contributed by atoms with Gasteiger partial charge in [-0.05, 0) is 36.8 Å². The number of carbonyl (C=O) groups is 1. The molecule has 2 rings (SSSR count). The predicted molar refractivity (Wildman–Crippen MR) is 65.6 cm³/mol. The van der Waals surface area contributed by atoms with Gasteiger partial charge in [0.1, 0.15) is 17.2 Å². The number of carboxylic acids is 1. The summed E-state index contributed by atoms with van der Waals surface area (Å²) in [6, 6.07) is 7.56. The van der Waals surface area contributed by atoms with Crippen molar-refractivity contribution < 1.29 is 14.3 Å². The molecule has 0 aliphatic rings. The SMILES string of the molecule is Cc1ccc(Nc2ncccc2C(=O)O)c(F)c1. The molecule has 0 saturated carbocycles. The molecular formula is C13H11FN2O2. The van der Waals surface area contributed by atoms with Crippen LogP contribution in [0.4, 0.5) is 15.9 Å². The Hall–Kier alpha value is -2.43. The van der Waals surface area contributed by atoms with Crippen molar-refractivity contribution in [3.05, 3.63) is 53.5 Å². The number of rotatable bonds is 3. The van der Waals surface area contributed by atoms with Crippen LogP contribution in [0.5, 0.6) is 0 Å². The molecule has 0 aliphatic carbocycles. The zero-order valence-corrected chi connectivity index (χ0v) is 9.64. The van der Waals surface area contributed by atoms with Crippen LogP contribution in [0.1, 0.15) is 15.9 Å². The molecule has 1 heterocycles. The molecule has 92 valence electrons. The maximum absolute atomic E-state index is 13.6. The van der Waals surface area contributed by atoms with E-state index in [0.717, 1.165) is 5.56 Å². The molecule has 0 amide bonds. The lowest BCUT2D eigenvalue weighted by Crippen LogP contribution is -2.05. The van der Waals surface area contributed by atoms with Crippen LogP contribution in [-0.4, -0.2) is 16.1 Å². The number of pyridine rings is 1. The summed E-state index contributed by atoms with van der Waals surface area (Å²) in [7, 11) is 0. The third-order valence-corrected chi connectivity index (χ3v) is 2.42. The summed E-state index contributed by atoms with van der Waals surface area (Å²) in [6.45, 7) is 1.77. The first kappa shape index (κ1) is 12.0. The van der Waals surface area contributed by atoms with E-state index in [1.54, 1.807) is 19.1 Å². The number of aryl methyl sites for hydroxylation is 1. The van der Waals surface area contributed by atoms with Crippen molar-refractivity contribution in [3.63, 3.8) is 0 Å². The minimum Gasteiger partial charge on any atom is -0.478 e. The molecule has 1 aromatic carbocycles. The largest absolute Gasteiger partial charge is 0.478 e. The lowest BCUT2D eigenvalue weighted by atomic mass is 10.2. The summed E-state index contributed by atoms with van der Waals surface area (Å²) in [5.41, 5.74) is 0.983. The van der Waals surface area contributed by atoms with E-state index in [-0.39, 0.29) is 17.1 Å². The van der Waals surface area contributed by atoms with Crippen LogP contribution in [0, 0.1) is 12.7 Å². The lowest BCUT2D eigenvalue weighted by molar-refractivity contribution is 0.0697. The van der Waals surface area contributed by atoms with E-state index < -0.39 is 11.8 Å². The minimum atomic E-state index is -1.11. The van der Waals surface area contributed by atoms with Crippen LogP contribution >= 0.6 is 0 Å². The topological polar surface area (TPSA) is 62.2 Å². The summed E-state index contributed by atoms with van der Waals surface area (Å²) in [6.07, 6.45) is 1.45. The van der Waals surface area contributed by atoms with Crippen molar-refractivity contribution >= 4 is 17.5 Å². The number of anilines is 2. The Morgan fingerprint density at radius 1 is 1.39 bits per heavy atom. The summed E-state index contributed by atoms with van der Waals surface area (Å²) in [4.78, 5) is 14.9. The van der Waals surface area contributed by atoms with Gasteiger partial charge in [0.15, 0.2) is 0 Å². The van der Waals surface area contributed by atoms with Gasteiger partial charge in [0.05, 0.1) is 5.69 Å². The third kappa shape index (κ3) is 2.45. The molecule has 0 unspecified atom stereocenters. The van der Waals surface area contributed by atoms with Crippen molar-refractivity contribution in [1.82, 2.24) is 4.98 Å². The second-order valence-electron chi connectivity index (χ2n) is 3.81. The number of hydrogen-bond donors (Lipinski definition) is 2. The number of hydrogen-bond acceptors (Lipinski definition) is 3. The van der Waals surface area contributed by atoms with Crippen molar-refractivity contribution in [2.24, 2.45) is 0 Å². The van der Waals surface area contributed by atoms with Gasteiger partial charge >= 0.3 is 5.97 Å². The van der Waals surface area contributed by atoms with E-state index in [1.165, 1.54) is 24.4 Å². The van der Waals surface area contributed by atoms with E-state index >= 15 is 0 Å². The van der Waals surface area contributed by atoms with Gasteiger partial charge in [-0.3, -0.25) is 0 Å². The average molecular weight is 246 g/mol. The van der Waals surface area contributed by atoms with Gasteiger partial charge in [0.25, 0.3) is 0 Å². The Balaban J connectivity index is 2.37. The fraction of sp³-hybridized carbons (Fsp3) is 0.0769. The fourth-order valence-corrected chi connectivity index (χ4v) is 1.53. The van der Waals surface area contributed by atoms with E-state index in [4.69, 9.17) is 5.11 Å². The van der Waals surface area contributed by atoms with Crippen LogP contribution in [0.15, 0.2) is 36.5 Å². The third-order valence-electron chi connectivity index (χ3n) is 2.42. The van der Waals surface area contributed by atoms with Gasteiger partial charge < -0.3 is 10.4 Å². The summed E-state index contributed by atoms with van der Waals surface area (Å²) in [5.74, 6) is -1.44. The maximum atomic E-state index is 13.6. The molecule has 0 aliphatic heterocycles. The van der Waals surface area contributed by atoms with E-state index in [2.05, 4.69) is 10.3 Å². The van der Waals surface area contributed by atoms with Gasteiger partial charge in [0.2, 0.25) is 0 Å². The molecule has 0 fully saturated rings. The number of aromatic nitrogens is 1. The molecule has 0 radical (unpaired) electrons. The lowest BCUT2D eigenvalue weighted by Gasteiger charge is -2.09. The van der Waals surface area contributed by atoms with Crippen molar-refractivity contribution in [3.8, 4) is 0 Å². The van der Waals surface area contributed by atoms with Gasteiger partial charge in [-0.15, -0.1) is 0 Å². The highest BCUT2D eigenvalue weighted by atomic mass is 19.1. The quantitative estimate of drug-likeness (QED) is 0.874. The van der Waals surface area contributed by atoms with E-state index in [9.17, 15) is 9.18 Å². The molecule has 0 bridgehead atoms. The first-order valence-corrected chi connectivity index (χ1v) is 5.29. The molecular weight excluding hydrogens is 235 g/mol. The molecule has 1 aromatic heterocycles. The zero-order valence-electron chi connectivity index (χ0n) is 9.64. The molecule has 5 heteroatoms. The molecule has 0 saturated heterocycles.